The van der Waals surface area contributed by atoms with Crippen LogP contribution in [-0.2, 0) is 21.6 Å². The van der Waals surface area contributed by atoms with Crippen molar-refractivity contribution in [2.24, 2.45) is 10.9 Å². The Balaban J connectivity index is 0.00000280. The van der Waals surface area contributed by atoms with Gasteiger partial charge in [0.2, 0.25) is 0 Å². The summed E-state index contributed by atoms with van der Waals surface area (Å²) in [7, 11) is 0. The van der Waals surface area contributed by atoms with Crippen LogP contribution in [0.5, 0.6) is 0 Å². The molecule has 7 heteroatoms. The first-order chi connectivity index (χ1) is 13.1. The lowest BCUT2D eigenvalue weighted by atomic mass is 9.96. The van der Waals surface area contributed by atoms with Crippen molar-refractivity contribution in [3.63, 3.8) is 0 Å². The third-order valence-corrected chi connectivity index (χ3v) is 5.49. The fourth-order valence-electron chi connectivity index (χ4n) is 4.09. The molecule has 2 aliphatic rings. The largest absolute Gasteiger partial charge is 0.466 e. The van der Waals surface area contributed by atoms with E-state index < -0.39 is 5.60 Å². The average Bonchev–Trinajstić information content (AvgIpc) is 3.03. The standard InChI is InChI=1S/C21H31N3O3.HI/c1-3-22-20(24-13-7-9-17(14-24)19(25)27-4-2)23-15-21(26)12-11-16-8-5-6-10-18(16)21;/h5-6,8,10,17,26H,3-4,7,9,11-15H2,1-2H3,(H,22,23);1H. The van der Waals surface area contributed by atoms with Crippen LogP contribution in [0.3, 0.4) is 0 Å². The number of piperidine rings is 1. The van der Waals surface area contributed by atoms with E-state index in [0.29, 0.717) is 26.1 Å². The molecule has 1 saturated heterocycles. The molecule has 2 unspecified atom stereocenters. The van der Waals surface area contributed by atoms with Crippen LogP contribution in [0, 0.1) is 5.92 Å². The maximum Gasteiger partial charge on any atom is 0.310 e. The average molecular weight is 501 g/mol. The number of aliphatic imine (C=N–C) groups is 1. The number of rotatable bonds is 5. The van der Waals surface area contributed by atoms with Crippen molar-refractivity contribution in [2.75, 3.05) is 32.8 Å². The van der Waals surface area contributed by atoms with Gasteiger partial charge in [-0.3, -0.25) is 4.79 Å². The van der Waals surface area contributed by atoms with Gasteiger partial charge in [-0.2, -0.15) is 0 Å². The predicted octanol–water partition coefficient (Wildman–Crippen LogP) is 2.68. The van der Waals surface area contributed by atoms with Crippen LogP contribution in [0.4, 0.5) is 0 Å². The summed E-state index contributed by atoms with van der Waals surface area (Å²) in [6, 6.07) is 8.07. The second-order valence-electron chi connectivity index (χ2n) is 7.40. The molecule has 156 valence electrons. The summed E-state index contributed by atoms with van der Waals surface area (Å²) in [4.78, 5) is 19.0. The van der Waals surface area contributed by atoms with Gasteiger partial charge in [-0.15, -0.1) is 24.0 Å². The number of nitrogens with one attached hydrogen (secondary N) is 1. The molecule has 2 atom stereocenters. The van der Waals surface area contributed by atoms with Gasteiger partial charge in [0.25, 0.3) is 0 Å². The summed E-state index contributed by atoms with van der Waals surface area (Å²) >= 11 is 0. The molecule has 2 N–H and O–H groups in total. The number of carbonyl (C=O) groups excluding carboxylic acids is 1. The number of benzene rings is 1. The van der Waals surface area contributed by atoms with Crippen molar-refractivity contribution in [3.8, 4) is 0 Å². The molecule has 1 aliphatic heterocycles. The van der Waals surface area contributed by atoms with Gasteiger partial charge < -0.3 is 20.1 Å². The zero-order valence-corrected chi connectivity index (χ0v) is 19.1. The number of nitrogens with zero attached hydrogens (tertiary/aromatic N) is 2. The number of aryl methyl sites for hydroxylation is 1. The summed E-state index contributed by atoms with van der Waals surface area (Å²) in [6.07, 6.45) is 3.36. The first-order valence-electron chi connectivity index (χ1n) is 10.1. The third-order valence-electron chi connectivity index (χ3n) is 5.49. The highest BCUT2D eigenvalue weighted by Crippen LogP contribution is 2.37. The molecule has 0 spiro atoms. The van der Waals surface area contributed by atoms with Crippen LogP contribution in [0.15, 0.2) is 29.3 Å². The number of esters is 1. The zero-order valence-electron chi connectivity index (χ0n) is 16.8. The lowest BCUT2D eigenvalue weighted by molar-refractivity contribution is -0.149. The molecule has 0 amide bonds. The molecular formula is C21H32IN3O3. The smallest absolute Gasteiger partial charge is 0.310 e. The minimum Gasteiger partial charge on any atom is -0.466 e. The van der Waals surface area contributed by atoms with Gasteiger partial charge in [0, 0.05) is 19.6 Å². The van der Waals surface area contributed by atoms with E-state index in [9.17, 15) is 9.90 Å². The van der Waals surface area contributed by atoms with Gasteiger partial charge in [-0.25, -0.2) is 4.99 Å². The van der Waals surface area contributed by atoms with Crippen molar-refractivity contribution in [3.05, 3.63) is 35.4 Å². The van der Waals surface area contributed by atoms with Gasteiger partial charge in [0.05, 0.1) is 19.1 Å². The van der Waals surface area contributed by atoms with E-state index in [-0.39, 0.29) is 35.9 Å². The molecule has 0 bridgehead atoms. The normalized spacial score (nSPS) is 24.3. The maximum absolute atomic E-state index is 12.1. The number of aliphatic hydroxyl groups is 1. The van der Waals surface area contributed by atoms with Gasteiger partial charge in [0.1, 0.15) is 5.60 Å². The predicted molar refractivity (Wildman–Crippen MR) is 121 cm³/mol. The summed E-state index contributed by atoms with van der Waals surface area (Å²) in [5.74, 6) is 0.531. The van der Waals surface area contributed by atoms with E-state index in [1.807, 2.05) is 32.0 Å². The fraction of sp³-hybridized carbons (Fsp3) is 0.619. The molecule has 3 rings (SSSR count). The maximum atomic E-state index is 12.1. The highest BCUT2D eigenvalue weighted by atomic mass is 127. The molecule has 1 fully saturated rings. The first-order valence-corrected chi connectivity index (χ1v) is 10.1. The Morgan fingerprint density at radius 2 is 2.18 bits per heavy atom. The van der Waals surface area contributed by atoms with Gasteiger partial charge >= 0.3 is 5.97 Å². The fourth-order valence-corrected chi connectivity index (χ4v) is 4.09. The summed E-state index contributed by atoms with van der Waals surface area (Å²) in [5.41, 5.74) is 1.29. The van der Waals surface area contributed by atoms with Crippen molar-refractivity contribution >= 4 is 35.9 Å². The third kappa shape index (κ3) is 5.17. The molecule has 0 saturated carbocycles. The van der Waals surface area contributed by atoms with Crippen LogP contribution < -0.4 is 5.32 Å². The summed E-state index contributed by atoms with van der Waals surface area (Å²) < 4.78 is 5.20. The molecular weight excluding hydrogens is 469 g/mol. The van der Waals surface area contributed by atoms with E-state index in [0.717, 1.165) is 43.9 Å². The van der Waals surface area contributed by atoms with Crippen LogP contribution in [0.1, 0.15) is 44.2 Å². The molecule has 1 aromatic carbocycles. The minimum atomic E-state index is -0.909. The van der Waals surface area contributed by atoms with E-state index in [1.54, 1.807) is 0 Å². The molecule has 6 nitrogen and oxygen atoms in total. The minimum absolute atomic E-state index is 0. The van der Waals surface area contributed by atoms with Gasteiger partial charge in [-0.1, -0.05) is 24.3 Å². The van der Waals surface area contributed by atoms with Gasteiger partial charge in [-0.05, 0) is 50.7 Å². The molecule has 0 radical (unpaired) electrons. The molecule has 1 aliphatic carbocycles. The van der Waals surface area contributed by atoms with Crippen molar-refractivity contribution < 1.29 is 14.6 Å². The topological polar surface area (TPSA) is 74.2 Å². The molecule has 1 aromatic rings. The Labute approximate surface area is 184 Å². The van der Waals surface area contributed by atoms with Crippen LogP contribution in [0.25, 0.3) is 0 Å². The van der Waals surface area contributed by atoms with Crippen LogP contribution >= 0.6 is 24.0 Å². The number of carbonyl (C=O) groups is 1. The Hall–Kier alpha value is -1.35. The Bertz CT molecular complexity index is 697. The highest BCUT2D eigenvalue weighted by Gasteiger charge is 2.36. The number of likely N-dealkylation sites (tertiary alicyclic amines) is 1. The molecule has 28 heavy (non-hydrogen) atoms. The van der Waals surface area contributed by atoms with Gasteiger partial charge in [0.15, 0.2) is 5.96 Å². The quantitative estimate of drug-likeness (QED) is 0.281. The van der Waals surface area contributed by atoms with E-state index in [1.165, 1.54) is 5.56 Å². The molecule has 0 aromatic heterocycles. The van der Waals surface area contributed by atoms with Crippen molar-refractivity contribution in [2.45, 2.75) is 45.1 Å². The Kier molecular flexibility index (Phi) is 8.55. The van der Waals surface area contributed by atoms with E-state index in [4.69, 9.17) is 9.73 Å². The summed E-state index contributed by atoms with van der Waals surface area (Å²) in [5, 5.41) is 14.5. The SMILES string of the molecule is CCNC(=NCC1(O)CCc2ccccc21)N1CCCC(C(=O)OCC)C1.I. The van der Waals surface area contributed by atoms with Crippen molar-refractivity contribution in [1.82, 2.24) is 10.2 Å². The lowest BCUT2D eigenvalue weighted by Gasteiger charge is -2.34. The monoisotopic (exact) mass is 501 g/mol. The van der Waals surface area contributed by atoms with Crippen molar-refractivity contribution in [1.29, 1.82) is 0 Å². The van der Waals surface area contributed by atoms with E-state index in [2.05, 4.69) is 16.3 Å². The highest BCUT2D eigenvalue weighted by molar-refractivity contribution is 14.0. The van der Waals surface area contributed by atoms with Crippen LogP contribution in [-0.4, -0.2) is 54.7 Å². The number of hydrogen-bond donors (Lipinski definition) is 2. The number of ether oxygens (including phenoxy) is 1. The first kappa shape index (κ1) is 22.9. The molecule has 1 heterocycles. The lowest BCUT2D eigenvalue weighted by Crippen LogP contribution is -2.48. The summed E-state index contributed by atoms with van der Waals surface area (Å²) in [6.45, 7) is 6.82. The zero-order chi connectivity index (χ0) is 19.3. The Morgan fingerprint density at radius 1 is 1.39 bits per heavy atom. The second kappa shape index (κ2) is 10.4. The van der Waals surface area contributed by atoms with E-state index >= 15 is 0 Å². The number of halogens is 1. The number of guanidine groups is 1. The van der Waals surface area contributed by atoms with Crippen LogP contribution in [0.2, 0.25) is 0 Å². The Morgan fingerprint density at radius 3 is 2.93 bits per heavy atom. The number of fused-ring (bicyclic) bond motifs is 1. The second-order valence-corrected chi connectivity index (χ2v) is 7.40. The number of hydrogen-bond acceptors (Lipinski definition) is 4.